The maximum absolute atomic E-state index is 12.8. The van der Waals surface area contributed by atoms with Crippen LogP contribution in [0.3, 0.4) is 0 Å². The smallest absolute Gasteiger partial charge is 0.272 e. The summed E-state index contributed by atoms with van der Waals surface area (Å²) in [5, 5.41) is 11.5. The molecule has 0 spiro atoms. The van der Waals surface area contributed by atoms with Crippen molar-refractivity contribution in [2.24, 2.45) is 0 Å². The van der Waals surface area contributed by atoms with Gasteiger partial charge in [0.2, 0.25) is 5.89 Å². The van der Waals surface area contributed by atoms with Crippen LogP contribution in [0.5, 0.6) is 0 Å². The van der Waals surface area contributed by atoms with Gasteiger partial charge in [0.1, 0.15) is 5.69 Å². The molecule has 0 unspecified atom stereocenters. The first-order chi connectivity index (χ1) is 16.2. The highest BCUT2D eigenvalue weighted by molar-refractivity contribution is 5.92. The molecule has 33 heavy (non-hydrogen) atoms. The van der Waals surface area contributed by atoms with Crippen molar-refractivity contribution in [1.29, 1.82) is 0 Å². The molecule has 5 rings (SSSR count). The fourth-order valence-corrected chi connectivity index (χ4v) is 3.59. The Kier molecular flexibility index (Phi) is 5.73. The molecule has 1 aromatic carbocycles. The van der Waals surface area contributed by atoms with E-state index in [1.54, 1.807) is 24.5 Å². The highest BCUT2D eigenvalue weighted by Gasteiger charge is 2.19. The quantitative estimate of drug-likeness (QED) is 0.485. The molecule has 3 aromatic heterocycles. The zero-order chi connectivity index (χ0) is 22.6. The lowest BCUT2D eigenvalue weighted by molar-refractivity contribution is 0.0760. The minimum Gasteiger partial charge on any atom is -0.414 e. The number of aromatic nitrogens is 5. The van der Waals surface area contributed by atoms with E-state index in [4.69, 9.17) is 10.2 Å². The van der Waals surface area contributed by atoms with Crippen molar-refractivity contribution in [3.05, 3.63) is 60.6 Å². The maximum Gasteiger partial charge on any atom is 0.272 e. The number of amides is 1. The Morgan fingerprint density at radius 1 is 0.970 bits per heavy atom. The van der Waals surface area contributed by atoms with Crippen LogP contribution in [0.25, 0.3) is 34.3 Å². The van der Waals surface area contributed by atoms with Gasteiger partial charge in [-0.15, -0.1) is 10.2 Å². The highest BCUT2D eigenvalue weighted by atomic mass is 16.4. The molecule has 0 bridgehead atoms. The number of benzene rings is 1. The normalized spacial score (nSPS) is 14.1. The summed E-state index contributed by atoms with van der Waals surface area (Å²) in [7, 11) is 0. The highest BCUT2D eigenvalue weighted by Crippen LogP contribution is 2.27. The van der Waals surface area contributed by atoms with Gasteiger partial charge in [0.05, 0.1) is 11.9 Å². The van der Waals surface area contributed by atoms with Gasteiger partial charge in [0, 0.05) is 39.8 Å². The number of hydrogen-bond acceptors (Lipinski definition) is 9. The SMILES string of the molecule is Nc1ncc(-c2ccc(C(=O)N3CCCNCC3)nc2)nc1-c1nnc(-c2ccccc2)o1.[HH].[HH]. The van der Waals surface area contributed by atoms with E-state index in [0.29, 0.717) is 35.1 Å². The lowest BCUT2D eigenvalue weighted by atomic mass is 10.2. The number of nitrogens with one attached hydrogen (secondary N) is 1. The number of nitrogens with zero attached hydrogens (tertiary/aromatic N) is 6. The molecular formula is C23H26N8O2. The fraction of sp³-hybridized carbons (Fsp3) is 0.217. The van der Waals surface area contributed by atoms with Gasteiger partial charge >= 0.3 is 0 Å². The monoisotopic (exact) mass is 446 g/mol. The largest absolute Gasteiger partial charge is 0.414 e. The van der Waals surface area contributed by atoms with Crippen LogP contribution in [-0.4, -0.2) is 62.1 Å². The topological polar surface area (TPSA) is 136 Å². The number of carbonyl (C=O) groups excluding carboxylic acids is 1. The third kappa shape index (κ3) is 4.41. The molecule has 170 valence electrons. The summed E-state index contributed by atoms with van der Waals surface area (Å²) in [5.74, 6) is 0.644. The third-order valence-electron chi connectivity index (χ3n) is 5.35. The first-order valence-corrected chi connectivity index (χ1v) is 10.7. The number of nitrogens with two attached hydrogens (primary N) is 1. The van der Waals surface area contributed by atoms with Crippen LogP contribution in [0.4, 0.5) is 5.82 Å². The minimum absolute atomic E-state index is 0. The predicted octanol–water partition coefficient (Wildman–Crippen LogP) is 2.77. The van der Waals surface area contributed by atoms with Gasteiger partial charge in [-0.25, -0.2) is 9.97 Å². The van der Waals surface area contributed by atoms with E-state index in [-0.39, 0.29) is 20.5 Å². The van der Waals surface area contributed by atoms with Crippen molar-refractivity contribution in [2.75, 3.05) is 31.9 Å². The van der Waals surface area contributed by atoms with E-state index in [9.17, 15) is 4.79 Å². The number of rotatable bonds is 4. The average molecular weight is 447 g/mol. The summed E-state index contributed by atoms with van der Waals surface area (Å²) in [6.45, 7) is 3.10. The van der Waals surface area contributed by atoms with Crippen molar-refractivity contribution in [3.8, 4) is 34.3 Å². The Morgan fingerprint density at radius 3 is 2.64 bits per heavy atom. The molecule has 0 saturated carbocycles. The Hall–Kier alpha value is -4.18. The van der Waals surface area contributed by atoms with Crippen molar-refractivity contribution in [2.45, 2.75) is 6.42 Å². The summed E-state index contributed by atoms with van der Waals surface area (Å²) in [4.78, 5) is 27.8. The summed E-state index contributed by atoms with van der Waals surface area (Å²) < 4.78 is 5.78. The Balaban J connectivity index is 0.00000171. The summed E-state index contributed by atoms with van der Waals surface area (Å²) in [5.41, 5.74) is 8.74. The van der Waals surface area contributed by atoms with E-state index in [0.717, 1.165) is 31.6 Å². The van der Waals surface area contributed by atoms with Crippen molar-refractivity contribution in [1.82, 2.24) is 35.4 Å². The molecule has 1 saturated heterocycles. The van der Waals surface area contributed by atoms with Crippen LogP contribution >= 0.6 is 0 Å². The van der Waals surface area contributed by atoms with Crippen LogP contribution in [0.1, 0.15) is 19.8 Å². The number of anilines is 1. The molecule has 3 N–H and O–H groups in total. The lowest BCUT2D eigenvalue weighted by Crippen LogP contribution is -2.34. The van der Waals surface area contributed by atoms with Gasteiger partial charge in [-0.2, -0.15) is 0 Å². The molecule has 1 amide bonds. The fourth-order valence-electron chi connectivity index (χ4n) is 3.59. The van der Waals surface area contributed by atoms with Crippen LogP contribution in [0, 0.1) is 0 Å². The predicted molar refractivity (Wildman–Crippen MR) is 126 cm³/mol. The zero-order valence-corrected chi connectivity index (χ0v) is 17.8. The molecule has 1 aliphatic heterocycles. The van der Waals surface area contributed by atoms with Crippen LogP contribution in [0.15, 0.2) is 59.3 Å². The van der Waals surface area contributed by atoms with E-state index in [1.165, 1.54) is 0 Å². The second kappa shape index (κ2) is 9.13. The van der Waals surface area contributed by atoms with Gasteiger partial charge in [0.15, 0.2) is 11.5 Å². The first-order valence-electron chi connectivity index (χ1n) is 10.7. The van der Waals surface area contributed by atoms with Crippen molar-refractivity contribution < 1.29 is 12.1 Å². The van der Waals surface area contributed by atoms with Crippen LogP contribution < -0.4 is 11.1 Å². The van der Waals surface area contributed by atoms with E-state index < -0.39 is 0 Å². The average Bonchev–Trinajstić information content (AvgIpc) is 3.19. The first kappa shape index (κ1) is 20.7. The number of pyridine rings is 1. The molecule has 0 aliphatic carbocycles. The van der Waals surface area contributed by atoms with Crippen molar-refractivity contribution in [3.63, 3.8) is 0 Å². The Bertz CT molecular complexity index is 1260. The van der Waals surface area contributed by atoms with Gasteiger partial charge in [-0.3, -0.25) is 9.78 Å². The summed E-state index contributed by atoms with van der Waals surface area (Å²) in [6.07, 6.45) is 4.08. The van der Waals surface area contributed by atoms with E-state index >= 15 is 0 Å². The lowest BCUT2D eigenvalue weighted by Gasteiger charge is -2.19. The molecule has 4 aromatic rings. The number of nitrogen functional groups attached to an aromatic ring is 1. The summed E-state index contributed by atoms with van der Waals surface area (Å²) >= 11 is 0. The molecule has 10 heteroatoms. The zero-order valence-electron chi connectivity index (χ0n) is 17.8. The molecular weight excluding hydrogens is 420 g/mol. The molecule has 1 aliphatic rings. The Morgan fingerprint density at radius 2 is 1.82 bits per heavy atom. The second-order valence-electron chi connectivity index (χ2n) is 7.60. The van der Waals surface area contributed by atoms with Crippen LogP contribution in [0.2, 0.25) is 0 Å². The van der Waals surface area contributed by atoms with E-state index in [2.05, 4.69) is 30.5 Å². The number of hydrogen-bond donors (Lipinski definition) is 2. The van der Waals surface area contributed by atoms with E-state index in [1.807, 2.05) is 35.2 Å². The van der Waals surface area contributed by atoms with Gasteiger partial charge in [-0.1, -0.05) is 18.2 Å². The third-order valence-corrected chi connectivity index (χ3v) is 5.35. The summed E-state index contributed by atoms with van der Waals surface area (Å²) in [6, 6.07) is 12.9. The van der Waals surface area contributed by atoms with Crippen molar-refractivity contribution >= 4 is 11.7 Å². The molecule has 1 fully saturated rings. The standard InChI is InChI=1S/C23H22N8O2.2H2/c24-20-19(22-30-29-21(33-22)15-5-2-1-3-6-15)28-18(14-27-20)16-7-8-17(26-13-16)23(32)31-11-4-9-25-10-12-31;;/h1-3,5-8,13-14,25H,4,9-12H2,(H2,24,27);2*1H. The van der Waals surface area contributed by atoms with Crippen LogP contribution in [-0.2, 0) is 0 Å². The molecule has 10 nitrogen and oxygen atoms in total. The number of carbonyl (C=O) groups is 1. The molecule has 4 heterocycles. The maximum atomic E-state index is 12.8. The van der Waals surface area contributed by atoms with Gasteiger partial charge in [0.25, 0.3) is 11.8 Å². The van der Waals surface area contributed by atoms with Gasteiger partial charge in [-0.05, 0) is 37.2 Å². The van der Waals surface area contributed by atoms with Gasteiger partial charge < -0.3 is 20.4 Å². The molecule has 0 radical (unpaired) electrons. The molecule has 0 atom stereocenters. The second-order valence-corrected chi connectivity index (χ2v) is 7.60. The minimum atomic E-state index is -0.0753. The Labute approximate surface area is 192 Å².